The van der Waals surface area contributed by atoms with Gasteiger partial charge >= 0.3 is 0 Å². The SMILES string of the molecule is COc1ccc2[nH]c(=O)c(C(c3nnnn3C3CCCCC3)N3CCC(C)CC3)cc2c1. The normalized spacial score (nSPS) is 19.9. The van der Waals surface area contributed by atoms with E-state index in [0.717, 1.165) is 61.2 Å². The Morgan fingerprint density at radius 3 is 2.62 bits per heavy atom. The van der Waals surface area contributed by atoms with Crippen molar-refractivity contribution in [1.82, 2.24) is 30.1 Å². The second-order valence-electron chi connectivity index (χ2n) is 9.40. The van der Waals surface area contributed by atoms with Crippen LogP contribution in [-0.2, 0) is 0 Å². The summed E-state index contributed by atoms with van der Waals surface area (Å²) in [6, 6.07) is 7.76. The molecule has 1 atom stereocenters. The van der Waals surface area contributed by atoms with Gasteiger partial charge in [-0.2, -0.15) is 0 Å². The topological polar surface area (TPSA) is 88.9 Å². The van der Waals surface area contributed by atoms with Crippen molar-refractivity contribution >= 4 is 10.9 Å². The van der Waals surface area contributed by atoms with E-state index in [1.807, 2.05) is 28.9 Å². The summed E-state index contributed by atoms with van der Waals surface area (Å²) >= 11 is 0. The molecule has 1 unspecified atom stereocenters. The van der Waals surface area contributed by atoms with Crippen molar-refractivity contribution in [2.24, 2.45) is 5.92 Å². The quantitative estimate of drug-likeness (QED) is 0.654. The number of ether oxygens (including phenoxy) is 1. The van der Waals surface area contributed by atoms with Crippen LogP contribution in [0.25, 0.3) is 10.9 Å². The van der Waals surface area contributed by atoms with Crippen LogP contribution in [0.4, 0.5) is 0 Å². The maximum Gasteiger partial charge on any atom is 0.253 e. The minimum atomic E-state index is -0.265. The average molecular weight is 437 g/mol. The van der Waals surface area contributed by atoms with Crippen LogP contribution < -0.4 is 10.3 Å². The van der Waals surface area contributed by atoms with Gasteiger partial charge in [0, 0.05) is 16.5 Å². The fraction of sp³-hybridized carbons (Fsp3) is 0.583. The fourth-order valence-electron chi connectivity index (χ4n) is 5.28. The van der Waals surface area contributed by atoms with Gasteiger partial charge in [0.25, 0.3) is 5.56 Å². The zero-order valence-corrected chi connectivity index (χ0v) is 19.0. The minimum absolute atomic E-state index is 0.0792. The molecule has 1 aliphatic heterocycles. The van der Waals surface area contributed by atoms with Crippen molar-refractivity contribution in [3.8, 4) is 5.75 Å². The third kappa shape index (κ3) is 4.03. The average Bonchev–Trinajstić information content (AvgIpc) is 3.30. The molecule has 5 rings (SSSR count). The van der Waals surface area contributed by atoms with Gasteiger partial charge in [-0.15, -0.1) is 5.10 Å². The molecule has 2 aliphatic rings. The number of nitrogens with one attached hydrogen (secondary N) is 1. The molecule has 2 aromatic heterocycles. The van der Waals surface area contributed by atoms with E-state index < -0.39 is 0 Å². The number of hydrogen-bond donors (Lipinski definition) is 1. The molecule has 0 bridgehead atoms. The number of tetrazole rings is 1. The van der Waals surface area contributed by atoms with Crippen molar-refractivity contribution in [2.75, 3.05) is 20.2 Å². The van der Waals surface area contributed by atoms with E-state index in [0.29, 0.717) is 17.5 Å². The van der Waals surface area contributed by atoms with Gasteiger partial charge in [-0.05, 0) is 79.4 Å². The van der Waals surface area contributed by atoms with Crippen molar-refractivity contribution in [3.63, 3.8) is 0 Å². The van der Waals surface area contributed by atoms with Crippen LogP contribution in [0, 0.1) is 5.92 Å². The van der Waals surface area contributed by atoms with Gasteiger partial charge in [-0.3, -0.25) is 9.69 Å². The highest BCUT2D eigenvalue weighted by atomic mass is 16.5. The lowest BCUT2D eigenvalue weighted by Gasteiger charge is -2.36. The Labute approximate surface area is 188 Å². The zero-order chi connectivity index (χ0) is 22.1. The second kappa shape index (κ2) is 9.02. The molecule has 8 heteroatoms. The Kier molecular flexibility index (Phi) is 5.95. The number of likely N-dealkylation sites (tertiary alicyclic amines) is 1. The molecule has 3 heterocycles. The number of pyridine rings is 1. The summed E-state index contributed by atoms with van der Waals surface area (Å²) in [4.78, 5) is 18.8. The molecule has 0 spiro atoms. The van der Waals surface area contributed by atoms with E-state index in [1.165, 1.54) is 19.3 Å². The van der Waals surface area contributed by atoms with Crippen LogP contribution in [0.1, 0.15) is 75.3 Å². The van der Waals surface area contributed by atoms with Gasteiger partial charge in [0.2, 0.25) is 0 Å². The number of piperidine rings is 1. The molecular formula is C24H32N6O2. The Morgan fingerprint density at radius 2 is 1.88 bits per heavy atom. The van der Waals surface area contributed by atoms with Crippen LogP contribution in [0.5, 0.6) is 5.75 Å². The van der Waals surface area contributed by atoms with E-state index in [9.17, 15) is 4.79 Å². The Morgan fingerprint density at radius 1 is 1.09 bits per heavy atom. The summed E-state index contributed by atoms with van der Waals surface area (Å²) in [5.41, 5.74) is 1.43. The predicted octanol–water partition coefficient (Wildman–Crippen LogP) is 3.85. The number of fused-ring (bicyclic) bond motifs is 1. The van der Waals surface area contributed by atoms with Gasteiger partial charge < -0.3 is 9.72 Å². The van der Waals surface area contributed by atoms with Crippen molar-refractivity contribution in [3.05, 3.63) is 46.0 Å². The number of aromatic amines is 1. The van der Waals surface area contributed by atoms with Gasteiger partial charge in [-0.25, -0.2) is 4.68 Å². The Hall–Kier alpha value is -2.74. The third-order valence-electron chi connectivity index (χ3n) is 7.24. The molecular weight excluding hydrogens is 404 g/mol. The highest BCUT2D eigenvalue weighted by molar-refractivity contribution is 5.80. The van der Waals surface area contributed by atoms with E-state index in [4.69, 9.17) is 4.74 Å². The third-order valence-corrected chi connectivity index (χ3v) is 7.24. The van der Waals surface area contributed by atoms with Crippen molar-refractivity contribution in [2.45, 2.75) is 64.0 Å². The van der Waals surface area contributed by atoms with Crippen molar-refractivity contribution < 1.29 is 4.74 Å². The van der Waals surface area contributed by atoms with Crippen molar-refractivity contribution in [1.29, 1.82) is 0 Å². The molecule has 1 saturated heterocycles. The molecule has 1 aliphatic carbocycles. The molecule has 170 valence electrons. The molecule has 8 nitrogen and oxygen atoms in total. The summed E-state index contributed by atoms with van der Waals surface area (Å²) in [6.45, 7) is 4.16. The molecule has 1 N–H and O–H groups in total. The Balaban J connectivity index is 1.62. The summed E-state index contributed by atoms with van der Waals surface area (Å²) in [7, 11) is 1.66. The largest absolute Gasteiger partial charge is 0.497 e. The summed E-state index contributed by atoms with van der Waals surface area (Å²) in [6.07, 6.45) is 8.08. The van der Waals surface area contributed by atoms with E-state index >= 15 is 0 Å². The molecule has 0 amide bonds. The first-order valence-corrected chi connectivity index (χ1v) is 11.9. The first-order valence-electron chi connectivity index (χ1n) is 11.9. The molecule has 1 saturated carbocycles. The molecule has 32 heavy (non-hydrogen) atoms. The predicted molar refractivity (Wildman–Crippen MR) is 123 cm³/mol. The first kappa shape index (κ1) is 21.1. The Bertz CT molecular complexity index is 1120. The van der Waals surface area contributed by atoms with E-state index in [1.54, 1.807) is 7.11 Å². The molecule has 0 radical (unpaired) electrons. The van der Waals surface area contributed by atoms with Gasteiger partial charge in [0.15, 0.2) is 5.82 Å². The molecule has 2 fully saturated rings. The lowest BCUT2D eigenvalue weighted by atomic mass is 9.93. The van der Waals surface area contributed by atoms with Crippen LogP contribution in [0.2, 0.25) is 0 Å². The monoisotopic (exact) mass is 436 g/mol. The van der Waals surface area contributed by atoms with Crippen LogP contribution in [0.15, 0.2) is 29.1 Å². The number of rotatable bonds is 5. The maximum atomic E-state index is 13.3. The summed E-state index contributed by atoms with van der Waals surface area (Å²) in [5.74, 6) is 2.26. The highest BCUT2D eigenvalue weighted by Crippen LogP contribution is 2.35. The minimum Gasteiger partial charge on any atom is -0.497 e. The number of nitrogens with zero attached hydrogens (tertiary/aromatic N) is 5. The number of aromatic nitrogens is 5. The van der Waals surface area contributed by atoms with Crippen LogP contribution >= 0.6 is 0 Å². The zero-order valence-electron chi connectivity index (χ0n) is 19.0. The number of H-pyrrole nitrogens is 1. The summed E-state index contributed by atoms with van der Waals surface area (Å²) in [5, 5.41) is 13.9. The number of methoxy groups -OCH3 is 1. The second-order valence-corrected chi connectivity index (χ2v) is 9.40. The number of benzene rings is 1. The highest BCUT2D eigenvalue weighted by Gasteiger charge is 2.34. The van der Waals surface area contributed by atoms with Gasteiger partial charge in [0.05, 0.1) is 13.2 Å². The van der Waals surface area contributed by atoms with Crippen LogP contribution in [0.3, 0.4) is 0 Å². The van der Waals surface area contributed by atoms with E-state index in [2.05, 4.69) is 32.3 Å². The first-order chi connectivity index (χ1) is 15.6. The maximum absolute atomic E-state index is 13.3. The smallest absolute Gasteiger partial charge is 0.253 e. The molecule has 3 aromatic rings. The van der Waals surface area contributed by atoms with Gasteiger partial charge in [0.1, 0.15) is 11.8 Å². The van der Waals surface area contributed by atoms with Crippen LogP contribution in [-0.4, -0.2) is 50.3 Å². The molecule has 1 aromatic carbocycles. The van der Waals surface area contributed by atoms with Gasteiger partial charge in [-0.1, -0.05) is 26.2 Å². The standard InChI is InChI=1S/C24H32N6O2/c1-16-10-12-29(13-11-16)22(23-26-27-28-30(23)18-6-4-3-5-7-18)20-15-17-14-19(32-2)8-9-21(17)25-24(20)31/h8-9,14-16,18,22H,3-7,10-13H2,1-2H3,(H,25,31). The lowest BCUT2D eigenvalue weighted by Crippen LogP contribution is -2.40. The van der Waals surface area contributed by atoms with E-state index in [-0.39, 0.29) is 11.6 Å². The summed E-state index contributed by atoms with van der Waals surface area (Å²) < 4.78 is 7.42. The number of hydrogen-bond acceptors (Lipinski definition) is 6. The fourth-order valence-corrected chi connectivity index (χ4v) is 5.28. The lowest BCUT2D eigenvalue weighted by molar-refractivity contribution is 0.146.